The lowest BCUT2D eigenvalue weighted by atomic mass is 10.3. The first-order valence-corrected chi connectivity index (χ1v) is 2.94. The first-order valence-electron chi connectivity index (χ1n) is 2.94. The Hall–Kier alpha value is -1.29. The molecule has 1 rings (SSSR count). The minimum Gasteiger partial charge on any atom is -0.399 e. The lowest BCUT2D eigenvalue weighted by Crippen LogP contribution is -2.03. The number of pyridine rings is 1. The molecular formula is C6H10N4. The number of aromatic nitrogens is 1. The summed E-state index contributed by atoms with van der Waals surface area (Å²) in [6, 6.07) is 3.30. The van der Waals surface area contributed by atoms with E-state index in [2.05, 4.69) is 4.98 Å². The van der Waals surface area contributed by atoms with Crippen molar-refractivity contribution < 1.29 is 0 Å². The Kier molecular flexibility index (Phi) is 1.73. The molecule has 6 N–H and O–H groups in total. The third-order valence-corrected chi connectivity index (χ3v) is 1.13. The van der Waals surface area contributed by atoms with Crippen molar-refractivity contribution >= 4 is 11.5 Å². The molecule has 0 bridgehead atoms. The second kappa shape index (κ2) is 2.53. The highest BCUT2D eigenvalue weighted by atomic mass is 14.9. The Morgan fingerprint density at radius 2 is 2.00 bits per heavy atom. The molecule has 0 aromatic carbocycles. The van der Waals surface area contributed by atoms with Crippen LogP contribution in [0.1, 0.15) is 5.69 Å². The van der Waals surface area contributed by atoms with Gasteiger partial charge in [-0.3, -0.25) is 0 Å². The molecule has 0 unspecified atom stereocenters. The fourth-order valence-corrected chi connectivity index (χ4v) is 0.740. The Labute approximate surface area is 59.0 Å². The van der Waals surface area contributed by atoms with E-state index in [1.165, 1.54) is 0 Å². The first-order chi connectivity index (χ1) is 4.72. The van der Waals surface area contributed by atoms with Gasteiger partial charge >= 0.3 is 0 Å². The van der Waals surface area contributed by atoms with E-state index in [9.17, 15) is 0 Å². The molecule has 0 saturated carbocycles. The van der Waals surface area contributed by atoms with Gasteiger partial charge < -0.3 is 17.2 Å². The smallest absolute Gasteiger partial charge is 0.125 e. The summed E-state index contributed by atoms with van der Waals surface area (Å²) in [6.07, 6.45) is 0. The minimum absolute atomic E-state index is 0.370. The van der Waals surface area contributed by atoms with E-state index in [1.54, 1.807) is 12.1 Å². The molecule has 0 fully saturated rings. The summed E-state index contributed by atoms with van der Waals surface area (Å²) in [5.41, 5.74) is 17.5. The van der Waals surface area contributed by atoms with Crippen molar-refractivity contribution in [1.82, 2.24) is 4.98 Å². The number of rotatable bonds is 1. The Balaban J connectivity index is 3.06. The molecule has 4 nitrogen and oxygen atoms in total. The molecule has 0 amide bonds. The van der Waals surface area contributed by atoms with Crippen molar-refractivity contribution in [2.75, 3.05) is 11.5 Å². The summed E-state index contributed by atoms with van der Waals surface area (Å²) < 4.78 is 0. The van der Waals surface area contributed by atoms with Crippen LogP contribution >= 0.6 is 0 Å². The lowest BCUT2D eigenvalue weighted by molar-refractivity contribution is 0.996. The van der Waals surface area contributed by atoms with Gasteiger partial charge in [-0.15, -0.1) is 0 Å². The second-order valence-corrected chi connectivity index (χ2v) is 2.02. The molecule has 0 aliphatic rings. The summed E-state index contributed by atoms with van der Waals surface area (Å²) in [7, 11) is 0. The number of nitrogen functional groups attached to an aromatic ring is 2. The zero-order chi connectivity index (χ0) is 7.56. The van der Waals surface area contributed by atoms with Crippen LogP contribution in [-0.4, -0.2) is 4.98 Å². The van der Waals surface area contributed by atoms with Gasteiger partial charge in [-0.1, -0.05) is 0 Å². The number of hydrogen-bond donors (Lipinski definition) is 3. The Morgan fingerprint density at radius 1 is 1.30 bits per heavy atom. The number of nitrogens with zero attached hydrogens (tertiary/aromatic N) is 1. The maximum Gasteiger partial charge on any atom is 0.125 e. The van der Waals surface area contributed by atoms with Crippen LogP contribution in [0.3, 0.4) is 0 Å². The highest BCUT2D eigenvalue weighted by molar-refractivity contribution is 5.47. The molecule has 0 aliphatic carbocycles. The van der Waals surface area contributed by atoms with Gasteiger partial charge in [0.15, 0.2) is 0 Å². The van der Waals surface area contributed by atoms with Crippen molar-refractivity contribution in [3.63, 3.8) is 0 Å². The molecule has 4 heteroatoms. The van der Waals surface area contributed by atoms with E-state index in [0.29, 0.717) is 18.1 Å². The summed E-state index contributed by atoms with van der Waals surface area (Å²) in [5, 5.41) is 0. The third-order valence-electron chi connectivity index (χ3n) is 1.13. The summed E-state index contributed by atoms with van der Waals surface area (Å²) >= 11 is 0. The molecule has 54 valence electrons. The monoisotopic (exact) mass is 138 g/mol. The van der Waals surface area contributed by atoms with Crippen molar-refractivity contribution in [2.45, 2.75) is 6.54 Å². The van der Waals surface area contributed by atoms with Crippen LogP contribution in [0.4, 0.5) is 11.5 Å². The van der Waals surface area contributed by atoms with Crippen LogP contribution in [0.5, 0.6) is 0 Å². The van der Waals surface area contributed by atoms with Gasteiger partial charge in [-0.2, -0.15) is 0 Å². The maximum atomic E-state index is 5.46. The lowest BCUT2D eigenvalue weighted by Gasteiger charge is -1.99. The van der Waals surface area contributed by atoms with Gasteiger partial charge in [0.2, 0.25) is 0 Å². The van der Waals surface area contributed by atoms with Crippen molar-refractivity contribution in [3.05, 3.63) is 17.8 Å². The zero-order valence-corrected chi connectivity index (χ0v) is 5.54. The fourth-order valence-electron chi connectivity index (χ4n) is 0.740. The number of hydrogen-bond acceptors (Lipinski definition) is 4. The van der Waals surface area contributed by atoms with Crippen molar-refractivity contribution in [2.24, 2.45) is 5.73 Å². The fraction of sp³-hybridized carbons (Fsp3) is 0.167. The van der Waals surface area contributed by atoms with Gasteiger partial charge in [0.05, 0.1) is 5.69 Å². The molecule has 0 spiro atoms. The first kappa shape index (κ1) is 6.82. The van der Waals surface area contributed by atoms with E-state index < -0.39 is 0 Å². The van der Waals surface area contributed by atoms with Crippen molar-refractivity contribution in [3.8, 4) is 0 Å². The van der Waals surface area contributed by atoms with Crippen LogP contribution in [-0.2, 0) is 6.54 Å². The Morgan fingerprint density at radius 3 is 2.50 bits per heavy atom. The third kappa shape index (κ3) is 1.35. The van der Waals surface area contributed by atoms with E-state index in [1.807, 2.05) is 0 Å². The molecule has 1 aromatic rings. The maximum absolute atomic E-state index is 5.46. The van der Waals surface area contributed by atoms with Gasteiger partial charge in [0.1, 0.15) is 5.82 Å². The zero-order valence-electron chi connectivity index (χ0n) is 5.54. The van der Waals surface area contributed by atoms with Gasteiger partial charge in [-0.25, -0.2) is 4.98 Å². The number of anilines is 2. The minimum atomic E-state index is 0.370. The van der Waals surface area contributed by atoms with E-state index in [0.717, 1.165) is 5.69 Å². The van der Waals surface area contributed by atoms with Crippen LogP contribution in [0.15, 0.2) is 12.1 Å². The molecule has 0 atom stereocenters. The molecule has 0 saturated heterocycles. The van der Waals surface area contributed by atoms with Gasteiger partial charge in [0.25, 0.3) is 0 Å². The SMILES string of the molecule is NCc1cc(N)cc(N)n1. The van der Waals surface area contributed by atoms with E-state index >= 15 is 0 Å². The molecule has 10 heavy (non-hydrogen) atoms. The quantitative estimate of drug-likeness (QED) is 0.497. The average Bonchev–Trinajstić information content (AvgIpc) is 1.85. The summed E-state index contributed by atoms with van der Waals surface area (Å²) in [5.74, 6) is 0.417. The molecule has 1 heterocycles. The van der Waals surface area contributed by atoms with Gasteiger partial charge in [0, 0.05) is 18.3 Å². The predicted octanol–water partition coefficient (Wildman–Crippen LogP) is -0.295. The molecule has 0 radical (unpaired) electrons. The summed E-state index contributed by atoms with van der Waals surface area (Å²) in [4.78, 5) is 3.93. The summed E-state index contributed by atoms with van der Waals surface area (Å²) in [6.45, 7) is 0.370. The van der Waals surface area contributed by atoms with Crippen LogP contribution in [0.25, 0.3) is 0 Å². The average molecular weight is 138 g/mol. The van der Waals surface area contributed by atoms with E-state index in [4.69, 9.17) is 17.2 Å². The van der Waals surface area contributed by atoms with Crippen LogP contribution in [0.2, 0.25) is 0 Å². The molecular weight excluding hydrogens is 128 g/mol. The van der Waals surface area contributed by atoms with Gasteiger partial charge in [-0.05, 0) is 6.07 Å². The Bertz CT molecular complexity index is 213. The molecule has 0 aliphatic heterocycles. The highest BCUT2D eigenvalue weighted by Gasteiger charge is 1.93. The van der Waals surface area contributed by atoms with Crippen LogP contribution in [0, 0.1) is 0 Å². The number of nitrogens with two attached hydrogens (primary N) is 3. The molecule has 1 aromatic heterocycles. The highest BCUT2D eigenvalue weighted by Crippen LogP contribution is 2.07. The second-order valence-electron chi connectivity index (χ2n) is 2.02. The normalized spacial score (nSPS) is 9.70. The largest absolute Gasteiger partial charge is 0.399 e. The van der Waals surface area contributed by atoms with Crippen LogP contribution < -0.4 is 17.2 Å². The van der Waals surface area contributed by atoms with E-state index in [-0.39, 0.29) is 0 Å². The predicted molar refractivity (Wildman–Crippen MR) is 41.0 cm³/mol. The topological polar surface area (TPSA) is 91.0 Å². The standard InChI is InChI=1S/C6H10N4/c7-3-5-1-4(8)2-6(9)10-5/h1-2H,3,7H2,(H4,8,9,10). The van der Waals surface area contributed by atoms with Crippen molar-refractivity contribution in [1.29, 1.82) is 0 Å².